The molecule has 0 aliphatic heterocycles. The largest absolute Gasteiger partial charge is 0.264 e. The molecule has 3 heteroatoms. The van der Waals surface area contributed by atoms with Crippen molar-refractivity contribution in [3.63, 3.8) is 0 Å². The van der Waals surface area contributed by atoms with Gasteiger partial charge in [-0.2, -0.15) is 0 Å². The fraction of sp³-hybridized carbons (Fsp3) is 0. The molecular formula is C49H31N3. The molecule has 0 unspecified atom stereocenters. The van der Waals surface area contributed by atoms with Gasteiger partial charge in [0.1, 0.15) is 0 Å². The summed E-state index contributed by atoms with van der Waals surface area (Å²) in [6.45, 7) is 0. The van der Waals surface area contributed by atoms with Gasteiger partial charge < -0.3 is 0 Å². The Kier molecular flexibility index (Phi) is 7.14. The van der Waals surface area contributed by atoms with E-state index in [0.717, 1.165) is 33.5 Å². The van der Waals surface area contributed by atoms with Gasteiger partial charge in [0, 0.05) is 29.1 Å². The molecule has 0 radical (unpaired) electrons. The van der Waals surface area contributed by atoms with Crippen LogP contribution in [0.2, 0.25) is 0 Å². The van der Waals surface area contributed by atoms with E-state index in [2.05, 4.69) is 157 Å². The highest BCUT2D eigenvalue weighted by atomic mass is 14.9. The number of rotatable bonds is 3. The van der Waals surface area contributed by atoms with E-state index in [0.29, 0.717) is 5.82 Å². The summed E-state index contributed by atoms with van der Waals surface area (Å²) in [5.74, 6) is 0.680. The number of nitrogens with zero attached hydrogens (tertiary/aromatic N) is 3. The van der Waals surface area contributed by atoms with Crippen LogP contribution in [0.15, 0.2) is 188 Å². The second-order valence-electron chi connectivity index (χ2n) is 13.2. The fourth-order valence-electron chi connectivity index (χ4n) is 7.76. The SMILES string of the molecule is c1ccc(-c2nc(-c3cccnc3)cc(-c3ccc4c5ccccc5c5ccccc5c5ccccc5c5c6ccccc6ccc5c4c3)n2)cc1. The molecule has 8 aromatic carbocycles. The van der Waals surface area contributed by atoms with Crippen molar-refractivity contribution in [2.75, 3.05) is 0 Å². The second-order valence-corrected chi connectivity index (χ2v) is 13.2. The van der Waals surface area contributed by atoms with Crippen molar-refractivity contribution in [2.24, 2.45) is 0 Å². The molecule has 0 spiro atoms. The molecule has 0 fully saturated rings. The molecule has 0 N–H and O–H groups in total. The lowest BCUT2D eigenvalue weighted by Gasteiger charge is -2.13. The maximum absolute atomic E-state index is 5.21. The van der Waals surface area contributed by atoms with E-state index >= 15 is 0 Å². The molecule has 242 valence electrons. The van der Waals surface area contributed by atoms with Gasteiger partial charge in [0.25, 0.3) is 0 Å². The molecule has 52 heavy (non-hydrogen) atoms. The third-order valence-corrected chi connectivity index (χ3v) is 10.2. The number of benzene rings is 7. The number of fused-ring (bicyclic) bond motifs is 12. The smallest absolute Gasteiger partial charge is 0.160 e. The molecule has 0 aliphatic carbocycles. The average Bonchev–Trinajstić information content (AvgIpc) is 3.23. The lowest BCUT2D eigenvalue weighted by molar-refractivity contribution is 1.18. The summed E-state index contributed by atoms with van der Waals surface area (Å²) in [5.41, 5.74) is 4.62. The van der Waals surface area contributed by atoms with Crippen LogP contribution in [0.1, 0.15) is 0 Å². The first-order valence-corrected chi connectivity index (χ1v) is 17.6. The summed E-state index contributed by atoms with van der Waals surface area (Å²) >= 11 is 0. The first kappa shape index (κ1) is 29.9. The number of aromatic nitrogens is 3. The molecule has 10 aromatic rings. The highest BCUT2D eigenvalue weighted by Gasteiger charge is 2.14. The zero-order chi connectivity index (χ0) is 34.4. The van der Waals surface area contributed by atoms with E-state index in [4.69, 9.17) is 9.97 Å². The second kappa shape index (κ2) is 12.4. The predicted molar refractivity (Wildman–Crippen MR) is 219 cm³/mol. The van der Waals surface area contributed by atoms with Crippen LogP contribution in [0.3, 0.4) is 0 Å². The van der Waals surface area contributed by atoms with Crippen LogP contribution in [0.4, 0.5) is 0 Å². The van der Waals surface area contributed by atoms with Crippen molar-refractivity contribution in [3.8, 4) is 33.9 Å². The van der Waals surface area contributed by atoms with Crippen molar-refractivity contribution >= 4 is 64.6 Å². The average molecular weight is 662 g/mol. The minimum atomic E-state index is 0.680. The van der Waals surface area contributed by atoms with Crippen LogP contribution in [0.25, 0.3) is 98.5 Å². The molecule has 3 nitrogen and oxygen atoms in total. The van der Waals surface area contributed by atoms with Crippen LogP contribution in [0, 0.1) is 0 Å². The quantitative estimate of drug-likeness (QED) is 0.189. The van der Waals surface area contributed by atoms with Crippen molar-refractivity contribution in [2.45, 2.75) is 0 Å². The van der Waals surface area contributed by atoms with Gasteiger partial charge in [-0.15, -0.1) is 0 Å². The molecule has 2 aromatic heterocycles. The lowest BCUT2D eigenvalue weighted by atomic mass is 9.91. The van der Waals surface area contributed by atoms with Gasteiger partial charge in [0.2, 0.25) is 0 Å². The Morgan fingerprint density at radius 1 is 0.308 bits per heavy atom. The lowest BCUT2D eigenvalue weighted by Crippen LogP contribution is -1.96. The maximum Gasteiger partial charge on any atom is 0.160 e. The monoisotopic (exact) mass is 661 g/mol. The van der Waals surface area contributed by atoms with Gasteiger partial charge in [-0.3, -0.25) is 4.98 Å². The van der Waals surface area contributed by atoms with E-state index in [1.165, 1.54) is 59.2 Å². The van der Waals surface area contributed by atoms with Crippen molar-refractivity contribution in [3.05, 3.63) is 188 Å². The summed E-state index contributed by atoms with van der Waals surface area (Å²) in [6, 6.07) is 63.0. The van der Waals surface area contributed by atoms with E-state index in [-0.39, 0.29) is 0 Å². The molecule has 0 bridgehead atoms. The summed E-state index contributed by atoms with van der Waals surface area (Å²) in [6.07, 6.45) is 3.65. The highest BCUT2D eigenvalue weighted by Crippen LogP contribution is 2.40. The zero-order valence-electron chi connectivity index (χ0n) is 28.2. The number of hydrogen-bond donors (Lipinski definition) is 0. The van der Waals surface area contributed by atoms with E-state index in [9.17, 15) is 0 Å². The minimum absolute atomic E-state index is 0.680. The Morgan fingerprint density at radius 3 is 1.46 bits per heavy atom. The normalized spacial score (nSPS) is 11.5. The summed E-state index contributed by atoms with van der Waals surface area (Å²) in [4.78, 5) is 14.6. The topological polar surface area (TPSA) is 38.7 Å². The van der Waals surface area contributed by atoms with Gasteiger partial charge in [0.05, 0.1) is 11.4 Å². The minimum Gasteiger partial charge on any atom is -0.264 e. The van der Waals surface area contributed by atoms with E-state index in [1.54, 1.807) is 6.20 Å². The zero-order valence-corrected chi connectivity index (χ0v) is 28.2. The maximum atomic E-state index is 5.21. The Labute approximate surface area is 300 Å². The first-order valence-electron chi connectivity index (χ1n) is 17.6. The molecule has 0 aliphatic rings. The Balaban J connectivity index is 1.41. The van der Waals surface area contributed by atoms with Crippen LogP contribution in [-0.2, 0) is 0 Å². The van der Waals surface area contributed by atoms with Crippen LogP contribution < -0.4 is 0 Å². The van der Waals surface area contributed by atoms with Gasteiger partial charge in [-0.05, 0) is 88.9 Å². The van der Waals surface area contributed by atoms with E-state index < -0.39 is 0 Å². The van der Waals surface area contributed by atoms with Gasteiger partial charge in [-0.1, -0.05) is 152 Å². The molecule has 0 saturated carbocycles. The van der Waals surface area contributed by atoms with Gasteiger partial charge in [-0.25, -0.2) is 9.97 Å². The number of pyridine rings is 1. The molecule has 10 rings (SSSR count). The molecule has 0 saturated heterocycles. The predicted octanol–water partition coefficient (Wildman–Crippen LogP) is 12.9. The number of hydrogen-bond acceptors (Lipinski definition) is 3. The standard InChI is InChI=1S/C49H31N3/c1-2-14-33(15-3-1)49-51-46(30-47(52-49)35-16-12-28-50-31-35)34-25-26-42-40-21-9-7-19-38(40)37-18-6-8-20-39(37)41-22-10-11-23-43(41)48-36-17-5-4-13-32(36)24-27-44(48)45(42)29-34/h1-31H. The van der Waals surface area contributed by atoms with Crippen LogP contribution in [0.5, 0.6) is 0 Å². The molecule has 0 amide bonds. The first-order chi connectivity index (χ1) is 25.8. The summed E-state index contributed by atoms with van der Waals surface area (Å²) in [7, 11) is 0. The van der Waals surface area contributed by atoms with Gasteiger partial charge >= 0.3 is 0 Å². The Morgan fingerprint density at radius 2 is 0.808 bits per heavy atom. The summed E-state index contributed by atoms with van der Waals surface area (Å²) < 4.78 is 0. The summed E-state index contributed by atoms with van der Waals surface area (Å²) in [5, 5.41) is 14.4. The molecule has 0 atom stereocenters. The molecule has 2 heterocycles. The van der Waals surface area contributed by atoms with Crippen molar-refractivity contribution in [1.29, 1.82) is 0 Å². The van der Waals surface area contributed by atoms with Gasteiger partial charge in [0.15, 0.2) is 5.82 Å². The third kappa shape index (κ3) is 5.02. The molecular weight excluding hydrogens is 631 g/mol. The van der Waals surface area contributed by atoms with Crippen molar-refractivity contribution in [1.82, 2.24) is 15.0 Å². The van der Waals surface area contributed by atoms with Crippen molar-refractivity contribution < 1.29 is 0 Å². The van der Waals surface area contributed by atoms with Crippen LogP contribution >= 0.6 is 0 Å². The van der Waals surface area contributed by atoms with E-state index in [1.807, 2.05) is 30.5 Å². The fourth-order valence-corrected chi connectivity index (χ4v) is 7.76. The van der Waals surface area contributed by atoms with Crippen LogP contribution in [-0.4, -0.2) is 15.0 Å². The highest BCUT2D eigenvalue weighted by molar-refractivity contribution is 6.30. The third-order valence-electron chi connectivity index (χ3n) is 10.2. The Hall–Kier alpha value is -6.97. The Bertz CT molecular complexity index is 3000.